The summed E-state index contributed by atoms with van der Waals surface area (Å²) in [5.41, 5.74) is 2.03. The summed E-state index contributed by atoms with van der Waals surface area (Å²) in [5.74, 6) is 1.79. The lowest BCUT2D eigenvalue weighted by molar-refractivity contribution is 0.0878. The molecule has 1 aliphatic heterocycles. The number of nitrogens with zero attached hydrogens (tertiary/aromatic N) is 2. The molecule has 0 N–H and O–H groups in total. The summed E-state index contributed by atoms with van der Waals surface area (Å²) in [6, 6.07) is 16.5. The van der Waals surface area contributed by atoms with Crippen molar-refractivity contribution in [1.82, 2.24) is 9.88 Å². The lowest BCUT2D eigenvalue weighted by atomic mass is 10.1. The zero-order valence-electron chi connectivity index (χ0n) is 16.9. The molecule has 156 valence electrons. The van der Waals surface area contributed by atoms with Crippen molar-refractivity contribution in [1.29, 1.82) is 0 Å². The number of benzene rings is 2. The topological polar surface area (TPSA) is 74.0 Å². The SMILES string of the molecule is COc1ccccc1Oc1coc2c3c(ccc2c1=O)OCN(Cc1ccccn1)C3. The van der Waals surface area contributed by atoms with Crippen LogP contribution in [0.1, 0.15) is 11.3 Å². The molecule has 0 amide bonds. The Morgan fingerprint density at radius 1 is 1.03 bits per heavy atom. The second-order valence-corrected chi connectivity index (χ2v) is 7.18. The van der Waals surface area contributed by atoms with Gasteiger partial charge < -0.3 is 18.6 Å². The van der Waals surface area contributed by atoms with Gasteiger partial charge in [0, 0.05) is 19.3 Å². The van der Waals surface area contributed by atoms with Crippen LogP contribution in [-0.2, 0) is 13.1 Å². The molecule has 3 heterocycles. The maximum absolute atomic E-state index is 13.1. The Labute approximate surface area is 178 Å². The van der Waals surface area contributed by atoms with E-state index in [-0.39, 0.29) is 11.2 Å². The summed E-state index contributed by atoms with van der Waals surface area (Å²) in [6.07, 6.45) is 3.11. The minimum atomic E-state index is -0.253. The molecule has 0 spiro atoms. The molecule has 0 atom stereocenters. The van der Waals surface area contributed by atoms with E-state index in [1.54, 1.807) is 37.6 Å². The van der Waals surface area contributed by atoms with Gasteiger partial charge in [0.05, 0.1) is 23.8 Å². The van der Waals surface area contributed by atoms with Gasteiger partial charge in [-0.2, -0.15) is 0 Å². The zero-order chi connectivity index (χ0) is 21.2. The third-order valence-corrected chi connectivity index (χ3v) is 5.15. The summed E-state index contributed by atoms with van der Waals surface area (Å²) >= 11 is 0. The first-order chi connectivity index (χ1) is 15.2. The molecule has 7 heteroatoms. The first kappa shape index (κ1) is 19.1. The van der Waals surface area contributed by atoms with E-state index in [0.717, 1.165) is 11.3 Å². The van der Waals surface area contributed by atoms with Crippen LogP contribution in [0.2, 0.25) is 0 Å². The number of hydrogen-bond acceptors (Lipinski definition) is 7. The number of pyridine rings is 1. The molecule has 0 saturated heterocycles. The molecule has 0 aliphatic carbocycles. The lowest BCUT2D eigenvalue weighted by Gasteiger charge is -2.28. The predicted octanol–water partition coefficient (Wildman–Crippen LogP) is 4.34. The van der Waals surface area contributed by atoms with Gasteiger partial charge in [0.15, 0.2) is 11.5 Å². The monoisotopic (exact) mass is 416 g/mol. The third kappa shape index (κ3) is 3.71. The molecular formula is C24H20N2O5. The van der Waals surface area contributed by atoms with Gasteiger partial charge in [-0.05, 0) is 36.4 Å². The normalized spacial score (nSPS) is 13.5. The quantitative estimate of drug-likeness (QED) is 0.479. The van der Waals surface area contributed by atoms with Gasteiger partial charge in [0.25, 0.3) is 0 Å². The number of ether oxygens (including phenoxy) is 3. The molecule has 0 saturated carbocycles. The number of para-hydroxylation sites is 2. The van der Waals surface area contributed by atoms with Crippen LogP contribution in [0.25, 0.3) is 11.0 Å². The second kappa shape index (κ2) is 8.12. The van der Waals surface area contributed by atoms with Gasteiger partial charge in [-0.15, -0.1) is 0 Å². The molecule has 0 radical (unpaired) electrons. The van der Waals surface area contributed by atoms with Crippen LogP contribution in [0, 0.1) is 0 Å². The van der Waals surface area contributed by atoms with Crippen molar-refractivity contribution in [2.75, 3.05) is 13.8 Å². The molecule has 0 bridgehead atoms. The first-order valence-corrected chi connectivity index (χ1v) is 9.86. The van der Waals surface area contributed by atoms with Gasteiger partial charge in [0.1, 0.15) is 24.3 Å². The van der Waals surface area contributed by atoms with E-state index in [2.05, 4.69) is 9.88 Å². The molecular weight excluding hydrogens is 396 g/mol. The fourth-order valence-corrected chi connectivity index (χ4v) is 3.65. The molecule has 1 aliphatic rings. The molecule has 7 nitrogen and oxygen atoms in total. The number of methoxy groups -OCH3 is 1. The highest BCUT2D eigenvalue weighted by Gasteiger charge is 2.23. The van der Waals surface area contributed by atoms with Crippen LogP contribution in [0.3, 0.4) is 0 Å². The van der Waals surface area contributed by atoms with E-state index in [0.29, 0.717) is 48.0 Å². The highest BCUT2D eigenvalue weighted by Crippen LogP contribution is 2.34. The molecule has 31 heavy (non-hydrogen) atoms. The molecule has 5 rings (SSSR count). The van der Waals surface area contributed by atoms with Crippen LogP contribution < -0.4 is 19.6 Å². The van der Waals surface area contributed by atoms with Crippen molar-refractivity contribution in [3.8, 4) is 23.0 Å². The van der Waals surface area contributed by atoms with Crippen LogP contribution >= 0.6 is 0 Å². The molecule has 0 fully saturated rings. The fraction of sp³-hybridized carbons (Fsp3) is 0.167. The van der Waals surface area contributed by atoms with Gasteiger partial charge in [-0.3, -0.25) is 14.7 Å². The molecule has 2 aromatic carbocycles. The molecule has 4 aromatic rings. The van der Waals surface area contributed by atoms with Crippen molar-refractivity contribution in [2.24, 2.45) is 0 Å². The second-order valence-electron chi connectivity index (χ2n) is 7.18. The van der Waals surface area contributed by atoms with E-state index in [9.17, 15) is 4.79 Å². The van der Waals surface area contributed by atoms with E-state index in [1.807, 2.05) is 30.3 Å². The van der Waals surface area contributed by atoms with Gasteiger partial charge in [-0.1, -0.05) is 18.2 Å². The smallest absolute Gasteiger partial charge is 0.235 e. The van der Waals surface area contributed by atoms with E-state index < -0.39 is 0 Å². The van der Waals surface area contributed by atoms with Crippen molar-refractivity contribution in [3.05, 3.63) is 88.5 Å². The Morgan fingerprint density at radius 3 is 2.68 bits per heavy atom. The molecule has 2 aromatic heterocycles. The average Bonchev–Trinajstić information content (AvgIpc) is 2.81. The van der Waals surface area contributed by atoms with Crippen LogP contribution in [0.5, 0.6) is 23.0 Å². The number of fused-ring (bicyclic) bond motifs is 3. The Balaban J connectivity index is 1.47. The summed E-state index contributed by atoms with van der Waals surface area (Å²) in [5, 5.41) is 0.439. The minimum absolute atomic E-state index is 0.0963. The number of rotatable bonds is 5. The predicted molar refractivity (Wildman–Crippen MR) is 115 cm³/mol. The standard InChI is InChI=1S/C24H20N2O5/c1-28-20-7-2-3-8-21(20)31-22-14-29-24-17(23(22)27)9-10-19-18(24)13-26(15-30-19)12-16-6-4-5-11-25-16/h2-11,14H,12-13,15H2,1H3. The highest BCUT2D eigenvalue weighted by atomic mass is 16.5. The van der Waals surface area contributed by atoms with Crippen LogP contribution in [0.15, 0.2) is 76.3 Å². The first-order valence-electron chi connectivity index (χ1n) is 9.86. The largest absolute Gasteiger partial charge is 0.493 e. The minimum Gasteiger partial charge on any atom is -0.493 e. The summed E-state index contributed by atoms with van der Waals surface area (Å²) in [4.78, 5) is 19.6. The van der Waals surface area contributed by atoms with Gasteiger partial charge in [0.2, 0.25) is 11.2 Å². The Kier molecular flexibility index (Phi) is 5.01. The lowest BCUT2D eigenvalue weighted by Crippen LogP contribution is -2.32. The van der Waals surface area contributed by atoms with Crippen molar-refractivity contribution < 1.29 is 18.6 Å². The van der Waals surface area contributed by atoms with Crippen molar-refractivity contribution in [2.45, 2.75) is 13.1 Å². The van der Waals surface area contributed by atoms with E-state index in [1.165, 1.54) is 6.26 Å². The summed E-state index contributed by atoms with van der Waals surface area (Å²) < 4.78 is 22.9. The molecule has 0 unspecified atom stereocenters. The fourth-order valence-electron chi connectivity index (χ4n) is 3.65. The van der Waals surface area contributed by atoms with Crippen molar-refractivity contribution in [3.63, 3.8) is 0 Å². The summed E-state index contributed by atoms with van der Waals surface area (Å²) in [6.45, 7) is 1.66. The van der Waals surface area contributed by atoms with E-state index >= 15 is 0 Å². The maximum atomic E-state index is 13.1. The zero-order valence-corrected chi connectivity index (χ0v) is 16.9. The Hall–Kier alpha value is -3.84. The van der Waals surface area contributed by atoms with E-state index in [4.69, 9.17) is 18.6 Å². The van der Waals surface area contributed by atoms with Gasteiger partial charge in [-0.25, -0.2) is 0 Å². The van der Waals surface area contributed by atoms with Crippen LogP contribution in [0.4, 0.5) is 0 Å². The van der Waals surface area contributed by atoms with Crippen molar-refractivity contribution >= 4 is 11.0 Å². The third-order valence-electron chi connectivity index (χ3n) is 5.15. The van der Waals surface area contributed by atoms with Crippen LogP contribution in [-0.4, -0.2) is 23.7 Å². The Morgan fingerprint density at radius 2 is 1.87 bits per heavy atom. The summed E-state index contributed by atoms with van der Waals surface area (Å²) in [7, 11) is 1.55. The number of hydrogen-bond donors (Lipinski definition) is 0. The highest BCUT2D eigenvalue weighted by molar-refractivity contribution is 5.83. The average molecular weight is 416 g/mol. The Bertz CT molecular complexity index is 1290. The van der Waals surface area contributed by atoms with Gasteiger partial charge >= 0.3 is 0 Å². The maximum Gasteiger partial charge on any atom is 0.235 e. The number of aromatic nitrogens is 1.